The molecular formula is C11H16O2. The molecule has 0 bridgehead atoms. The number of aliphatic hydroxyl groups excluding tert-OH is 1. The van der Waals surface area contributed by atoms with Gasteiger partial charge in [-0.1, -0.05) is 38.2 Å². The molecule has 3 atom stereocenters. The summed E-state index contributed by atoms with van der Waals surface area (Å²) in [5.74, 6) is 0.129. The zero-order valence-electron chi connectivity index (χ0n) is 8.10. The van der Waals surface area contributed by atoms with E-state index in [4.69, 9.17) is 0 Å². The Labute approximate surface area is 79.0 Å². The zero-order chi connectivity index (χ0) is 9.84. The van der Waals surface area contributed by atoms with Crippen molar-refractivity contribution in [2.75, 3.05) is 0 Å². The van der Waals surface area contributed by atoms with E-state index in [1.54, 1.807) is 6.92 Å². The van der Waals surface area contributed by atoms with Gasteiger partial charge in [0.25, 0.3) is 0 Å². The lowest BCUT2D eigenvalue weighted by Gasteiger charge is -2.24. The molecule has 1 aliphatic carbocycles. The minimum absolute atomic E-state index is 0.0440. The van der Waals surface area contributed by atoms with Gasteiger partial charge in [0.1, 0.15) is 6.10 Å². The lowest BCUT2D eigenvalue weighted by molar-refractivity contribution is -0.129. The van der Waals surface area contributed by atoms with E-state index in [1.807, 2.05) is 31.2 Å². The summed E-state index contributed by atoms with van der Waals surface area (Å²) in [6.45, 7) is 3.79. The Morgan fingerprint density at radius 2 is 2.08 bits per heavy atom. The quantitative estimate of drug-likeness (QED) is 0.717. The fraction of sp³-hybridized carbons (Fsp3) is 0.545. The molecule has 1 N–H and O–H groups in total. The van der Waals surface area contributed by atoms with Crippen LogP contribution in [-0.2, 0) is 4.79 Å². The molecule has 0 aliphatic heterocycles. The molecule has 13 heavy (non-hydrogen) atoms. The van der Waals surface area contributed by atoms with Crippen molar-refractivity contribution in [1.29, 1.82) is 0 Å². The average molecular weight is 180 g/mol. The van der Waals surface area contributed by atoms with Crippen LogP contribution in [0.3, 0.4) is 0 Å². The minimum Gasteiger partial charge on any atom is -0.385 e. The fourth-order valence-corrected chi connectivity index (χ4v) is 1.55. The summed E-state index contributed by atoms with van der Waals surface area (Å²) in [4.78, 5) is 11.2. The summed E-state index contributed by atoms with van der Waals surface area (Å²) in [5, 5.41) is 9.68. The van der Waals surface area contributed by atoms with Crippen molar-refractivity contribution in [3.63, 3.8) is 0 Å². The topological polar surface area (TPSA) is 37.3 Å². The second kappa shape index (κ2) is 4.38. The first-order valence-electron chi connectivity index (χ1n) is 4.72. The molecular weight excluding hydrogens is 164 g/mol. The van der Waals surface area contributed by atoms with Gasteiger partial charge in [-0.15, -0.1) is 0 Å². The highest BCUT2D eigenvalue weighted by molar-refractivity contribution is 5.83. The normalized spacial score (nSPS) is 28.8. The summed E-state index contributed by atoms with van der Waals surface area (Å²) in [5.41, 5.74) is 0. The monoisotopic (exact) mass is 180 g/mol. The van der Waals surface area contributed by atoms with Crippen LogP contribution in [0.2, 0.25) is 0 Å². The van der Waals surface area contributed by atoms with Gasteiger partial charge in [0.15, 0.2) is 5.78 Å². The van der Waals surface area contributed by atoms with Gasteiger partial charge in [-0.25, -0.2) is 0 Å². The molecule has 0 amide bonds. The molecule has 3 unspecified atom stereocenters. The van der Waals surface area contributed by atoms with Crippen molar-refractivity contribution in [2.45, 2.75) is 26.4 Å². The number of allylic oxidation sites excluding steroid dienone is 3. The molecule has 0 aromatic heterocycles. The summed E-state index contributed by atoms with van der Waals surface area (Å²) >= 11 is 0. The molecule has 0 aromatic carbocycles. The standard InChI is InChI=1S/C11H16O2/c1-3-10(12)11(13)9-7-5-4-6-8(9)2/h4-9,11,13H,3H2,1-2H3. The van der Waals surface area contributed by atoms with E-state index < -0.39 is 6.10 Å². The largest absolute Gasteiger partial charge is 0.385 e. The van der Waals surface area contributed by atoms with E-state index in [0.29, 0.717) is 6.42 Å². The second-order valence-electron chi connectivity index (χ2n) is 3.47. The molecule has 0 spiro atoms. The van der Waals surface area contributed by atoms with Crippen LogP contribution in [0.5, 0.6) is 0 Å². The Kier molecular flexibility index (Phi) is 3.43. The highest BCUT2D eigenvalue weighted by Crippen LogP contribution is 2.23. The molecule has 1 rings (SSSR count). The van der Waals surface area contributed by atoms with Crippen LogP contribution in [-0.4, -0.2) is 17.0 Å². The van der Waals surface area contributed by atoms with Gasteiger partial charge in [-0.05, 0) is 5.92 Å². The smallest absolute Gasteiger partial charge is 0.161 e. The SMILES string of the molecule is CCC(=O)C(O)C1C=CC=CC1C. The number of hydrogen-bond acceptors (Lipinski definition) is 2. The van der Waals surface area contributed by atoms with Crippen molar-refractivity contribution < 1.29 is 9.90 Å². The van der Waals surface area contributed by atoms with Crippen LogP contribution >= 0.6 is 0 Å². The van der Waals surface area contributed by atoms with Gasteiger partial charge in [0.2, 0.25) is 0 Å². The van der Waals surface area contributed by atoms with Gasteiger partial charge < -0.3 is 5.11 Å². The number of carbonyl (C=O) groups excluding carboxylic acids is 1. The zero-order valence-corrected chi connectivity index (χ0v) is 8.10. The Morgan fingerprint density at radius 3 is 2.62 bits per heavy atom. The van der Waals surface area contributed by atoms with Crippen molar-refractivity contribution in [2.24, 2.45) is 11.8 Å². The molecule has 0 fully saturated rings. The Hall–Kier alpha value is -0.890. The Balaban J connectivity index is 2.66. The third kappa shape index (κ3) is 2.28. The van der Waals surface area contributed by atoms with Crippen molar-refractivity contribution in [3.8, 4) is 0 Å². The Bertz CT molecular complexity index is 240. The molecule has 0 heterocycles. The summed E-state index contributed by atoms with van der Waals surface area (Å²) in [7, 11) is 0. The maximum Gasteiger partial charge on any atom is 0.161 e. The Morgan fingerprint density at radius 1 is 1.46 bits per heavy atom. The number of hydrogen-bond donors (Lipinski definition) is 1. The molecule has 0 radical (unpaired) electrons. The number of Topliss-reactive ketones (excluding diaryl/α,β-unsaturated/α-hetero) is 1. The predicted octanol–water partition coefficient (Wildman–Crippen LogP) is 1.70. The fourth-order valence-electron chi connectivity index (χ4n) is 1.55. The summed E-state index contributed by atoms with van der Waals surface area (Å²) < 4.78 is 0. The van der Waals surface area contributed by atoms with Crippen molar-refractivity contribution in [3.05, 3.63) is 24.3 Å². The lowest BCUT2D eigenvalue weighted by Crippen LogP contribution is -2.32. The number of carbonyl (C=O) groups is 1. The predicted molar refractivity (Wildman–Crippen MR) is 52.2 cm³/mol. The van der Waals surface area contributed by atoms with Gasteiger partial charge in [-0.3, -0.25) is 4.79 Å². The third-order valence-electron chi connectivity index (χ3n) is 2.51. The maximum absolute atomic E-state index is 11.2. The summed E-state index contributed by atoms with van der Waals surface area (Å²) in [6, 6.07) is 0. The van der Waals surface area contributed by atoms with Crippen LogP contribution in [0.1, 0.15) is 20.3 Å². The second-order valence-corrected chi connectivity index (χ2v) is 3.47. The van der Waals surface area contributed by atoms with E-state index >= 15 is 0 Å². The van der Waals surface area contributed by atoms with Gasteiger partial charge in [0, 0.05) is 12.3 Å². The molecule has 2 nitrogen and oxygen atoms in total. The number of rotatable bonds is 3. The van der Waals surface area contributed by atoms with Crippen LogP contribution in [0, 0.1) is 11.8 Å². The molecule has 2 heteroatoms. The maximum atomic E-state index is 11.2. The van der Waals surface area contributed by atoms with Crippen molar-refractivity contribution >= 4 is 5.78 Å². The van der Waals surface area contributed by atoms with E-state index in [1.165, 1.54) is 0 Å². The van der Waals surface area contributed by atoms with E-state index in [-0.39, 0.29) is 17.6 Å². The molecule has 0 saturated heterocycles. The first-order chi connectivity index (χ1) is 6.16. The molecule has 0 aromatic rings. The first kappa shape index (κ1) is 10.2. The van der Waals surface area contributed by atoms with Crippen LogP contribution in [0.15, 0.2) is 24.3 Å². The van der Waals surface area contributed by atoms with Gasteiger partial charge in [0.05, 0.1) is 0 Å². The average Bonchev–Trinajstić information content (AvgIpc) is 2.16. The lowest BCUT2D eigenvalue weighted by atomic mass is 9.83. The van der Waals surface area contributed by atoms with Crippen LogP contribution in [0.25, 0.3) is 0 Å². The molecule has 72 valence electrons. The van der Waals surface area contributed by atoms with E-state index in [2.05, 4.69) is 0 Å². The summed E-state index contributed by atoms with van der Waals surface area (Å²) in [6.07, 6.45) is 7.32. The van der Waals surface area contributed by atoms with E-state index in [9.17, 15) is 9.90 Å². The third-order valence-corrected chi connectivity index (χ3v) is 2.51. The van der Waals surface area contributed by atoms with Gasteiger partial charge in [-0.2, -0.15) is 0 Å². The highest BCUT2D eigenvalue weighted by Gasteiger charge is 2.26. The highest BCUT2D eigenvalue weighted by atomic mass is 16.3. The van der Waals surface area contributed by atoms with Crippen molar-refractivity contribution in [1.82, 2.24) is 0 Å². The van der Waals surface area contributed by atoms with E-state index in [0.717, 1.165) is 0 Å². The first-order valence-corrected chi connectivity index (χ1v) is 4.72. The molecule has 1 aliphatic rings. The van der Waals surface area contributed by atoms with Crippen LogP contribution < -0.4 is 0 Å². The van der Waals surface area contributed by atoms with Crippen LogP contribution in [0.4, 0.5) is 0 Å². The number of aliphatic hydroxyl groups is 1. The minimum atomic E-state index is -0.832. The molecule has 0 saturated carbocycles. The van der Waals surface area contributed by atoms with Gasteiger partial charge >= 0.3 is 0 Å². The number of ketones is 1.